The normalized spacial score (nSPS) is 10.4. The zero-order chi connectivity index (χ0) is 13.7. The summed E-state index contributed by atoms with van der Waals surface area (Å²) in [6.07, 6.45) is 1.80. The van der Waals surface area contributed by atoms with Crippen LogP contribution in [-0.2, 0) is 26.2 Å². The average Bonchev–Trinajstić information content (AvgIpc) is 2.37. The van der Waals surface area contributed by atoms with E-state index in [4.69, 9.17) is 5.11 Å². The molecule has 0 saturated heterocycles. The molecule has 1 rings (SSSR count). The number of aromatic carboxylic acids is 1. The molecule has 0 aromatic heterocycles. The Morgan fingerprint density at radius 2 is 1.72 bits per heavy atom. The Morgan fingerprint density at radius 3 is 2.11 bits per heavy atom. The van der Waals surface area contributed by atoms with E-state index in [-0.39, 0.29) is 18.6 Å². The Morgan fingerprint density at radius 1 is 1.11 bits per heavy atom. The Labute approximate surface area is 105 Å². The van der Waals surface area contributed by atoms with Gasteiger partial charge in [0.2, 0.25) is 0 Å². The average molecular weight is 252 g/mol. The quantitative estimate of drug-likeness (QED) is 0.555. The highest BCUT2D eigenvalue weighted by molar-refractivity contribution is 5.90. The smallest absolute Gasteiger partial charge is 0.335 e. The van der Waals surface area contributed by atoms with Gasteiger partial charge in [0.15, 0.2) is 0 Å². The molecular weight excluding hydrogens is 236 g/mol. The van der Waals surface area contributed by atoms with Crippen molar-refractivity contribution in [2.75, 3.05) is 0 Å². The second-order valence-corrected chi connectivity index (χ2v) is 3.79. The van der Waals surface area contributed by atoms with Crippen molar-refractivity contribution in [3.63, 3.8) is 0 Å². The van der Waals surface area contributed by atoms with E-state index >= 15 is 0 Å². The number of carboxylic acid groups (broad SMARTS) is 1. The fourth-order valence-corrected chi connectivity index (χ4v) is 1.98. The van der Waals surface area contributed by atoms with Gasteiger partial charge in [-0.15, -0.1) is 6.58 Å². The highest BCUT2D eigenvalue weighted by Crippen LogP contribution is 2.25. The summed E-state index contributed by atoms with van der Waals surface area (Å²) in [7, 11) is 0. The number of benzene rings is 1. The molecule has 18 heavy (non-hydrogen) atoms. The largest absolute Gasteiger partial charge is 0.478 e. The molecule has 1 aromatic carbocycles. The van der Waals surface area contributed by atoms with E-state index in [0.29, 0.717) is 22.3 Å². The van der Waals surface area contributed by atoms with E-state index in [1.165, 1.54) is 12.1 Å². The van der Waals surface area contributed by atoms with Crippen LogP contribution in [0, 0.1) is 0 Å². The fraction of sp³-hybridized carbons (Fsp3) is 0.308. The Kier molecular flexibility index (Phi) is 5.03. The van der Waals surface area contributed by atoms with Crippen molar-refractivity contribution in [1.29, 1.82) is 0 Å². The lowest BCUT2D eigenvalue weighted by Crippen LogP contribution is -2.12. The highest BCUT2D eigenvalue weighted by atomic mass is 16.4. The van der Waals surface area contributed by atoms with Crippen molar-refractivity contribution in [1.82, 2.24) is 0 Å². The second-order valence-electron chi connectivity index (χ2n) is 3.79. The minimum absolute atomic E-state index is 0.0141. The number of carbonyl (C=O) groups is 1. The summed E-state index contributed by atoms with van der Waals surface area (Å²) in [6.45, 7) is 2.39. The van der Waals surface area contributed by atoms with Gasteiger partial charge >= 0.3 is 5.97 Å². The minimum Gasteiger partial charge on any atom is -0.478 e. The maximum absolute atomic E-state index is 11.2. The Hall–Kier alpha value is -1.69. The van der Waals surface area contributed by atoms with E-state index in [1.807, 2.05) is 0 Å². The summed E-state index contributed by atoms with van der Waals surface area (Å²) >= 11 is 0. The van der Waals surface area contributed by atoms with Crippen LogP contribution in [0.2, 0.25) is 0 Å². The molecule has 0 aliphatic carbocycles. The van der Waals surface area contributed by atoms with Crippen molar-refractivity contribution in [2.45, 2.75) is 26.2 Å². The summed E-state index contributed by atoms with van der Waals surface area (Å²) in [5.41, 5.74) is 1.47. The van der Waals surface area contributed by atoms with Crippen LogP contribution in [0.15, 0.2) is 18.7 Å². The highest BCUT2D eigenvalue weighted by Gasteiger charge is 2.19. The molecule has 0 amide bonds. The van der Waals surface area contributed by atoms with Gasteiger partial charge in [-0.05, 0) is 34.7 Å². The summed E-state index contributed by atoms with van der Waals surface area (Å²) in [5, 5.41) is 37.0. The number of rotatable bonds is 6. The molecule has 5 nitrogen and oxygen atoms in total. The minimum atomic E-state index is -1.14. The lowest BCUT2D eigenvalue weighted by Gasteiger charge is -2.17. The first-order valence-corrected chi connectivity index (χ1v) is 5.43. The zero-order valence-corrected chi connectivity index (χ0v) is 9.89. The van der Waals surface area contributed by atoms with Crippen LogP contribution < -0.4 is 0 Å². The van der Waals surface area contributed by atoms with Crippen molar-refractivity contribution in [2.24, 2.45) is 0 Å². The van der Waals surface area contributed by atoms with Crippen LogP contribution in [0.3, 0.4) is 0 Å². The Bertz CT molecular complexity index is 465. The van der Waals surface area contributed by atoms with Gasteiger partial charge in [0, 0.05) is 0 Å². The van der Waals surface area contributed by atoms with Gasteiger partial charge in [-0.25, -0.2) is 4.79 Å². The number of aliphatic hydroxyl groups is 3. The molecule has 0 bridgehead atoms. The number of hydrogen-bond donors (Lipinski definition) is 4. The summed E-state index contributed by atoms with van der Waals surface area (Å²) in [6, 6.07) is 1.33. The standard InChI is InChI=1S/C13H16O5/c1-2-3-9-10(13(17)18)4-8(5-14)11(6-15)12(9)7-16/h2,4,14-16H,1,3,5-7H2,(H,17,18). The summed E-state index contributed by atoms with van der Waals surface area (Å²) < 4.78 is 0. The molecule has 5 heteroatoms. The van der Waals surface area contributed by atoms with E-state index < -0.39 is 19.2 Å². The van der Waals surface area contributed by atoms with Crippen molar-refractivity contribution in [3.05, 3.63) is 46.5 Å². The molecule has 0 saturated carbocycles. The summed E-state index contributed by atoms with van der Waals surface area (Å²) in [5.74, 6) is -1.14. The molecule has 0 fully saturated rings. The van der Waals surface area contributed by atoms with Gasteiger partial charge < -0.3 is 20.4 Å². The molecule has 0 unspecified atom stereocenters. The van der Waals surface area contributed by atoms with Gasteiger partial charge in [0.25, 0.3) is 0 Å². The molecule has 4 N–H and O–H groups in total. The van der Waals surface area contributed by atoms with Crippen LogP contribution in [-0.4, -0.2) is 26.4 Å². The molecule has 1 aromatic rings. The number of carboxylic acids is 1. The molecule has 0 aliphatic heterocycles. The van der Waals surface area contributed by atoms with Gasteiger partial charge in [0.05, 0.1) is 25.4 Å². The lowest BCUT2D eigenvalue weighted by atomic mass is 9.90. The molecule has 0 heterocycles. The Balaban J connectivity index is 3.62. The van der Waals surface area contributed by atoms with E-state index in [0.717, 1.165) is 0 Å². The maximum atomic E-state index is 11.2. The number of hydrogen-bond acceptors (Lipinski definition) is 4. The van der Waals surface area contributed by atoms with Gasteiger partial charge in [-0.1, -0.05) is 6.08 Å². The SMILES string of the molecule is C=CCc1c(C(=O)O)cc(CO)c(CO)c1CO. The molecule has 0 spiro atoms. The van der Waals surface area contributed by atoms with Crippen molar-refractivity contribution in [3.8, 4) is 0 Å². The molecule has 98 valence electrons. The fourth-order valence-electron chi connectivity index (χ4n) is 1.98. The number of allylic oxidation sites excluding steroid dienone is 1. The van der Waals surface area contributed by atoms with E-state index in [9.17, 15) is 20.1 Å². The third-order valence-electron chi connectivity index (χ3n) is 2.83. The van der Waals surface area contributed by atoms with Crippen LogP contribution in [0.25, 0.3) is 0 Å². The molecular formula is C13H16O5. The monoisotopic (exact) mass is 252 g/mol. The molecule has 0 radical (unpaired) electrons. The third-order valence-corrected chi connectivity index (χ3v) is 2.83. The topological polar surface area (TPSA) is 98.0 Å². The maximum Gasteiger partial charge on any atom is 0.335 e. The lowest BCUT2D eigenvalue weighted by molar-refractivity contribution is 0.0695. The first-order chi connectivity index (χ1) is 8.60. The second kappa shape index (κ2) is 6.30. The van der Waals surface area contributed by atoms with Crippen LogP contribution in [0.4, 0.5) is 0 Å². The van der Waals surface area contributed by atoms with Crippen molar-refractivity contribution >= 4 is 5.97 Å². The van der Waals surface area contributed by atoms with Gasteiger partial charge in [0.1, 0.15) is 0 Å². The zero-order valence-electron chi connectivity index (χ0n) is 9.89. The third kappa shape index (κ3) is 2.59. The first-order valence-electron chi connectivity index (χ1n) is 5.43. The first kappa shape index (κ1) is 14.4. The van der Waals surface area contributed by atoms with Crippen LogP contribution in [0.5, 0.6) is 0 Å². The number of aliphatic hydroxyl groups excluding tert-OH is 3. The predicted octanol–water partition coefficient (Wildman–Crippen LogP) is 0.590. The summed E-state index contributed by atoms with van der Waals surface area (Å²) in [4.78, 5) is 11.2. The van der Waals surface area contributed by atoms with Crippen LogP contribution in [0.1, 0.15) is 32.6 Å². The van der Waals surface area contributed by atoms with Gasteiger partial charge in [-0.3, -0.25) is 0 Å². The molecule has 0 aliphatic rings. The van der Waals surface area contributed by atoms with Gasteiger partial charge in [-0.2, -0.15) is 0 Å². The van der Waals surface area contributed by atoms with Crippen molar-refractivity contribution < 1.29 is 25.2 Å². The molecule has 0 atom stereocenters. The van der Waals surface area contributed by atoms with E-state index in [1.54, 1.807) is 0 Å². The predicted molar refractivity (Wildman–Crippen MR) is 65.1 cm³/mol. The van der Waals surface area contributed by atoms with Crippen LogP contribution >= 0.6 is 0 Å². The van der Waals surface area contributed by atoms with E-state index in [2.05, 4.69) is 6.58 Å².